The van der Waals surface area contributed by atoms with E-state index in [1.807, 2.05) is 13.0 Å². The summed E-state index contributed by atoms with van der Waals surface area (Å²) in [5.74, 6) is 0.266. The molecule has 0 amide bonds. The minimum absolute atomic E-state index is 0.205. The molecule has 0 fully saturated rings. The highest BCUT2D eigenvalue weighted by atomic mass is 19.1. The van der Waals surface area contributed by atoms with Crippen molar-refractivity contribution in [2.75, 3.05) is 12.4 Å². The lowest BCUT2D eigenvalue weighted by molar-refractivity contribution is 0.605. The van der Waals surface area contributed by atoms with Crippen molar-refractivity contribution >= 4 is 5.82 Å². The number of hydrogen-bond acceptors (Lipinski definition) is 4. The van der Waals surface area contributed by atoms with Crippen LogP contribution in [0.5, 0.6) is 0 Å². The second kappa shape index (κ2) is 4.48. The van der Waals surface area contributed by atoms with Gasteiger partial charge in [-0.2, -0.15) is 5.10 Å². The highest BCUT2D eigenvalue weighted by molar-refractivity contribution is 5.53. The molecule has 0 aliphatic heterocycles. The Bertz CT molecular complexity index is 535. The molecule has 0 aliphatic rings. The third-order valence-corrected chi connectivity index (χ3v) is 2.50. The zero-order valence-corrected chi connectivity index (χ0v) is 10.0. The fraction of sp³-hybridized carbons (Fsp3) is 0.364. The molecule has 90 valence electrons. The van der Waals surface area contributed by atoms with Crippen LogP contribution in [0.25, 0.3) is 11.5 Å². The van der Waals surface area contributed by atoms with E-state index in [4.69, 9.17) is 0 Å². The number of anilines is 1. The van der Waals surface area contributed by atoms with Crippen molar-refractivity contribution in [2.24, 2.45) is 0 Å². The van der Waals surface area contributed by atoms with Crippen molar-refractivity contribution in [3.63, 3.8) is 0 Å². The number of rotatable bonds is 3. The maximum absolute atomic E-state index is 13.6. The van der Waals surface area contributed by atoms with Crippen LogP contribution in [0.2, 0.25) is 0 Å². The molecule has 0 aliphatic carbocycles. The molecule has 0 unspecified atom stereocenters. The smallest absolute Gasteiger partial charge is 0.186 e. The van der Waals surface area contributed by atoms with Gasteiger partial charge in [-0.05, 0) is 19.9 Å². The Morgan fingerprint density at radius 3 is 2.82 bits per heavy atom. The molecular formula is C11H14FN5. The van der Waals surface area contributed by atoms with Crippen molar-refractivity contribution in [1.29, 1.82) is 0 Å². The first-order valence-electron chi connectivity index (χ1n) is 5.41. The summed E-state index contributed by atoms with van der Waals surface area (Å²) in [6.45, 7) is 4.32. The van der Waals surface area contributed by atoms with Gasteiger partial charge in [-0.1, -0.05) is 0 Å². The first-order valence-corrected chi connectivity index (χ1v) is 5.41. The van der Waals surface area contributed by atoms with E-state index >= 15 is 0 Å². The lowest BCUT2D eigenvalue weighted by atomic mass is 10.3. The highest BCUT2D eigenvalue weighted by Gasteiger charge is 2.13. The number of halogens is 1. The lowest BCUT2D eigenvalue weighted by Gasteiger charge is -2.08. The second-order valence-corrected chi connectivity index (χ2v) is 3.58. The Kier molecular flexibility index (Phi) is 3.03. The Labute approximate surface area is 98.7 Å². The number of aromatic nitrogens is 4. The van der Waals surface area contributed by atoms with E-state index in [0.29, 0.717) is 11.5 Å². The Morgan fingerprint density at radius 2 is 2.18 bits per heavy atom. The van der Waals surface area contributed by atoms with Crippen molar-refractivity contribution in [2.45, 2.75) is 20.4 Å². The van der Waals surface area contributed by atoms with Crippen LogP contribution < -0.4 is 5.32 Å². The third-order valence-electron chi connectivity index (χ3n) is 2.50. The standard InChI is InChI=1S/C11H14FN5/c1-4-17-8(5-6-14-17)10-15-7(2)9(12)11(13-3)16-10/h5-6H,4H2,1-3H3,(H,13,15,16). The van der Waals surface area contributed by atoms with E-state index in [1.165, 1.54) is 0 Å². The van der Waals surface area contributed by atoms with Gasteiger partial charge in [-0.25, -0.2) is 14.4 Å². The van der Waals surface area contributed by atoms with Crippen LogP contribution in [-0.2, 0) is 6.54 Å². The summed E-state index contributed by atoms with van der Waals surface area (Å²) in [6.07, 6.45) is 1.68. The second-order valence-electron chi connectivity index (χ2n) is 3.58. The largest absolute Gasteiger partial charge is 0.371 e. The monoisotopic (exact) mass is 235 g/mol. The predicted molar refractivity (Wildman–Crippen MR) is 63.2 cm³/mol. The van der Waals surface area contributed by atoms with E-state index in [9.17, 15) is 4.39 Å². The summed E-state index contributed by atoms with van der Waals surface area (Å²) in [4.78, 5) is 8.29. The molecule has 0 radical (unpaired) electrons. The Morgan fingerprint density at radius 1 is 1.41 bits per heavy atom. The molecule has 0 spiro atoms. The molecule has 0 bridgehead atoms. The number of nitrogens with zero attached hydrogens (tertiary/aromatic N) is 4. The zero-order valence-electron chi connectivity index (χ0n) is 10.0. The summed E-state index contributed by atoms with van der Waals surface area (Å²) in [5, 5.41) is 6.86. The molecule has 2 rings (SSSR count). The fourth-order valence-electron chi connectivity index (χ4n) is 1.61. The van der Waals surface area contributed by atoms with Crippen molar-refractivity contribution in [3.8, 4) is 11.5 Å². The van der Waals surface area contributed by atoms with E-state index in [-0.39, 0.29) is 5.82 Å². The summed E-state index contributed by atoms with van der Waals surface area (Å²) >= 11 is 0. The number of hydrogen-bond donors (Lipinski definition) is 1. The van der Waals surface area contributed by atoms with Crippen LogP contribution >= 0.6 is 0 Å². The summed E-state index contributed by atoms with van der Waals surface area (Å²) in [5.41, 5.74) is 1.11. The van der Waals surface area contributed by atoms with Gasteiger partial charge in [0, 0.05) is 19.8 Å². The van der Waals surface area contributed by atoms with Crippen LogP contribution in [-0.4, -0.2) is 26.8 Å². The topological polar surface area (TPSA) is 55.6 Å². The SMILES string of the molecule is CCn1nccc1-c1nc(C)c(F)c(NC)n1. The molecule has 6 heteroatoms. The summed E-state index contributed by atoms with van der Waals surface area (Å²) < 4.78 is 15.4. The van der Waals surface area contributed by atoms with Crippen LogP contribution in [0.15, 0.2) is 12.3 Å². The van der Waals surface area contributed by atoms with E-state index in [1.54, 1.807) is 24.9 Å². The predicted octanol–water partition coefficient (Wildman–Crippen LogP) is 1.85. The van der Waals surface area contributed by atoms with Crippen LogP contribution in [0.4, 0.5) is 10.2 Å². The quantitative estimate of drug-likeness (QED) is 0.882. The van der Waals surface area contributed by atoms with E-state index < -0.39 is 5.82 Å². The van der Waals surface area contributed by atoms with Gasteiger partial charge in [-0.3, -0.25) is 4.68 Å². The third kappa shape index (κ3) is 1.98. The van der Waals surface area contributed by atoms with Crippen LogP contribution in [0.1, 0.15) is 12.6 Å². The van der Waals surface area contributed by atoms with Crippen LogP contribution in [0.3, 0.4) is 0 Å². The normalized spacial score (nSPS) is 10.6. The van der Waals surface area contributed by atoms with Crippen LogP contribution in [0, 0.1) is 12.7 Å². The number of aryl methyl sites for hydroxylation is 2. The highest BCUT2D eigenvalue weighted by Crippen LogP contribution is 2.20. The molecule has 2 aromatic heterocycles. The number of nitrogens with one attached hydrogen (secondary N) is 1. The van der Waals surface area contributed by atoms with Gasteiger partial charge < -0.3 is 5.32 Å². The lowest BCUT2D eigenvalue weighted by Crippen LogP contribution is -2.06. The van der Waals surface area contributed by atoms with Crippen molar-refractivity contribution in [3.05, 3.63) is 23.8 Å². The molecule has 0 saturated carbocycles. The van der Waals surface area contributed by atoms with Gasteiger partial charge in [0.05, 0.1) is 5.69 Å². The Hall–Kier alpha value is -1.98. The van der Waals surface area contributed by atoms with Gasteiger partial charge in [0.25, 0.3) is 0 Å². The van der Waals surface area contributed by atoms with Crippen molar-refractivity contribution < 1.29 is 4.39 Å². The molecule has 17 heavy (non-hydrogen) atoms. The van der Waals surface area contributed by atoms with E-state index in [0.717, 1.165) is 12.2 Å². The maximum Gasteiger partial charge on any atom is 0.186 e. The maximum atomic E-state index is 13.6. The average molecular weight is 235 g/mol. The first-order chi connectivity index (χ1) is 8.17. The molecule has 0 atom stereocenters. The average Bonchev–Trinajstić information content (AvgIpc) is 2.80. The molecule has 5 nitrogen and oxygen atoms in total. The van der Waals surface area contributed by atoms with Gasteiger partial charge >= 0.3 is 0 Å². The first kappa shape index (κ1) is 11.5. The Balaban J connectivity index is 2.57. The molecule has 2 aromatic rings. The minimum Gasteiger partial charge on any atom is -0.371 e. The molecule has 0 saturated heterocycles. The molecule has 2 heterocycles. The van der Waals surface area contributed by atoms with E-state index in [2.05, 4.69) is 20.4 Å². The fourth-order valence-corrected chi connectivity index (χ4v) is 1.61. The van der Waals surface area contributed by atoms with Crippen molar-refractivity contribution in [1.82, 2.24) is 19.7 Å². The summed E-state index contributed by atoms with van der Waals surface area (Å²) in [6, 6.07) is 1.82. The molecular weight excluding hydrogens is 221 g/mol. The minimum atomic E-state index is -0.418. The van der Waals surface area contributed by atoms with Gasteiger partial charge in [-0.15, -0.1) is 0 Å². The summed E-state index contributed by atoms with van der Waals surface area (Å²) in [7, 11) is 1.63. The van der Waals surface area contributed by atoms with Gasteiger partial charge in [0.15, 0.2) is 17.5 Å². The molecule has 1 N–H and O–H groups in total. The van der Waals surface area contributed by atoms with Gasteiger partial charge in [0.2, 0.25) is 0 Å². The zero-order chi connectivity index (χ0) is 12.4. The molecule has 0 aromatic carbocycles. The van der Waals surface area contributed by atoms with Gasteiger partial charge in [0.1, 0.15) is 5.69 Å².